The maximum Gasteiger partial charge on any atom is 0.237 e. The number of hydrogen-bond acceptors (Lipinski definition) is 4. The van der Waals surface area contributed by atoms with E-state index >= 15 is 0 Å². The van der Waals surface area contributed by atoms with Crippen molar-refractivity contribution in [3.63, 3.8) is 0 Å². The van der Waals surface area contributed by atoms with Crippen molar-refractivity contribution in [2.75, 3.05) is 0 Å². The van der Waals surface area contributed by atoms with Crippen molar-refractivity contribution in [3.8, 4) is 6.07 Å². The molecule has 0 aliphatic carbocycles. The summed E-state index contributed by atoms with van der Waals surface area (Å²) in [6.07, 6.45) is 1.68. The van der Waals surface area contributed by atoms with Gasteiger partial charge in [0.05, 0.1) is 12.6 Å². The van der Waals surface area contributed by atoms with Crippen molar-refractivity contribution in [2.45, 2.75) is 13.5 Å². The van der Waals surface area contributed by atoms with E-state index in [0.717, 1.165) is 5.01 Å². The first-order chi connectivity index (χ1) is 6.24. The molecule has 13 heavy (non-hydrogen) atoms. The molecule has 0 aliphatic heterocycles. The van der Waals surface area contributed by atoms with Gasteiger partial charge in [-0.05, 0) is 6.92 Å². The van der Waals surface area contributed by atoms with Crippen LogP contribution in [0.15, 0.2) is 11.6 Å². The summed E-state index contributed by atoms with van der Waals surface area (Å²) in [7, 11) is 0. The van der Waals surface area contributed by atoms with Gasteiger partial charge in [-0.15, -0.1) is 11.3 Å². The number of rotatable bonds is 3. The van der Waals surface area contributed by atoms with E-state index in [-0.39, 0.29) is 5.91 Å². The molecule has 0 radical (unpaired) electrons. The third kappa shape index (κ3) is 2.84. The summed E-state index contributed by atoms with van der Waals surface area (Å²) in [6.45, 7) is 1.97. The number of nitrogens with one attached hydrogen (secondary N) is 1. The third-order valence-electron chi connectivity index (χ3n) is 1.48. The first kappa shape index (κ1) is 9.68. The molecule has 0 saturated heterocycles. The molecular formula is C8H9N3OS. The zero-order chi connectivity index (χ0) is 9.68. The molecular weight excluding hydrogens is 186 g/mol. The Kier molecular flexibility index (Phi) is 3.41. The number of carbonyl (C=O) groups excluding carboxylic acids is 1. The number of aromatic nitrogens is 1. The smallest absolute Gasteiger partial charge is 0.237 e. The highest BCUT2D eigenvalue weighted by atomic mass is 32.1. The zero-order valence-electron chi connectivity index (χ0n) is 7.15. The van der Waals surface area contributed by atoms with Crippen LogP contribution in [0.3, 0.4) is 0 Å². The van der Waals surface area contributed by atoms with Crippen molar-refractivity contribution in [1.29, 1.82) is 5.26 Å². The van der Waals surface area contributed by atoms with Crippen LogP contribution in [0.4, 0.5) is 0 Å². The lowest BCUT2D eigenvalue weighted by Gasteiger charge is -2.02. The molecule has 1 aromatic heterocycles. The van der Waals surface area contributed by atoms with E-state index in [9.17, 15) is 4.79 Å². The molecule has 1 unspecified atom stereocenters. The first-order valence-corrected chi connectivity index (χ1v) is 4.67. The summed E-state index contributed by atoms with van der Waals surface area (Å²) in [6, 6.07) is 1.87. The highest BCUT2D eigenvalue weighted by Crippen LogP contribution is 2.03. The monoisotopic (exact) mass is 195 g/mol. The van der Waals surface area contributed by atoms with Crippen molar-refractivity contribution in [1.82, 2.24) is 10.3 Å². The summed E-state index contributed by atoms with van der Waals surface area (Å²) in [5.41, 5.74) is 0. The maximum atomic E-state index is 11.1. The van der Waals surface area contributed by atoms with E-state index < -0.39 is 5.92 Å². The minimum Gasteiger partial charge on any atom is -0.348 e. The molecule has 1 N–H and O–H groups in total. The summed E-state index contributed by atoms with van der Waals surface area (Å²) in [5.74, 6) is -0.849. The Labute approximate surface area is 80.2 Å². The fourth-order valence-corrected chi connectivity index (χ4v) is 1.27. The van der Waals surface area contributed by atoms with Crippen LogP contribution in [0.5, 0.6) is 0 Å². The van der Waals surface area contributed by atoms with Crippen LogP contribution in [0.25, 0.3) is 0 Å². The van der Waals surface area contributed by atoms with Gasteiger partial charge < -0.3 is 5.32 Å². The normalized spacial score (nSPS) is 11.7. The fourth-order valence-electron chi connectivity index (χ4n) is 0.715. The van der Waals surface area contributed by atoms with Crippen molar-refractivity contribution in [2.24, 2.45) is 5.92 Å². The number of amides is 1. The highest BCUT2D eigenvalue weighted by molar-refractivity contribution is 7.09. The predicted molar refractivity (Wildman–Crippen MR) is 48.7 cm³/mol. The molecule has 0 fully saturated rings. The Morgan fingerprint density at radius 3 is 3.23 bits per heavy atom. The quantitative estimate of drug-likeness (QED) is 0.779. The highest BCUT2D eigenvalue weighted by Gasteiger charge is 2.10. The van der Waals surface area contributed by atoms with Crippen LogP contribution in [-0.4, -0.2) is 10.9 Å². The van der Waals surface area contributed by atoms with Crippen molar-refractivity contribution < 1.29 is 4.79 Å². The number of nitriles is 1. The standard InChI is InChI=1S/C8H9N3OS/c1-6(4-9)8(12)11-5-7-10-2-3-13-7/h2-3,6H,5H2,1H3,(H,11,12). The van der Waals surface area contributed by atoms with E-state index in [1.165, 1.54) is 11.3 Å². The molecule has 1 amide bonds. The van der Waals surface area contributed by atoms with E-state index in [1.807, 2.05) is 11.4 Å². The van der Waals surface area contributed by atoms with Crippen LogP contribution in [-0.2, 0) is 11.3 Å². The van der Waals surface area contributed by atoms with Gasteiger partial charge in [0.15, 0.2) is 0 Å². The molecule has 1 atom stereocenters. The molecule has 0 aromatic carbocycles. The maximum absolute atomic E-state index is 11.1. The lowest BCUT2D eigenvalue weighted by molar-refractivity contribution is -0.123. The Morgan fingerprint density at radius 2 is 2.69 bits per heavy atom. The van der Waals surface area contributed by atoms with Crippen molar-refractivity contribution >= 4 is 17.2 Å². The topological polar surface area (TPSA) is 65.8 Å². The van der Waals surface area contributed by atoms with Gasteiger partial charge in [-0.1, -0.05) is 0 Å². The van der Waals surface area contributed by atoms with Crippen LogP contribution in [0.1, 0.15) is 11.9 Å². The molecule has 68 valence electrons. The van der Waals surface area contributed by atoms with Crippen LogP contribution in [0, 0.1) is 17.2 Å². The second kappa shape index (κ2) is 4.58. The average molecular weight is 195 g/mol. The van der Waals surface area contributed by atoms with Crippen molar-refractivity contribution in [3.05, 3.63) is 16.6 Å². The SMILES string of the molecule is CC(C#N)C(=O)NCc1nccs1. The van der Waals surface area contributed by atoms with Gasteiger partial charge in [-0.2, -0.15) is 5.26 Å². The van der Waals surface area contributed by atoms with Gasteiger partial charge in [-0.25, -0.2) is 4.98 Å². The Bertz CT molecular complexity index is 315. The predicted octanol–water partition coefficient (Wildman–Crippen LogP) is 0.919. The fraction of sp³-hybridized carbons (Fsp3) is 0.375. The summed E-state index contributed by atoms with van der Waals surface area (Å²) in [4.78, 5) is 15.1. The second-order valence-electron chi connectivity index (χ2n) is 2.49. The molecule has 0 saturated carbocycles. The van der Waals surface area contributed by atoms with Crippen LogP contribution >= 0.6 is 11.3 Å². The molecule has 0 bridgehead atoms. The molecule has 1 heterocycles. The summed E-state index contributed by atoms with van der Waals surface area (Å²) < 4.78 is 0. The Morgan fingerprint density at radius 1 is 1.92 bits per heavy atom. The summed E-state index contributed by atoms with van der Waals surface area (Å²) >= 11 is 1.48. The Hall–Kier alpha value is -1.41. The molecule has 1 rings (SSSR count). The van der Waals surface area contributed by atoms with Crippen LogP contribution < -0.4 is 5.32 Å². The van der Waals surface area contributed by atoms with E-state index in [4.69, 9.17) is 5.26 Å². The minimum atomic E-state index is -0.597. The van der Waals surface area contributed by atoms with Gasteiger partial charge in [0.2, 0.25) is 5.91 Å². The van der Waals surface area contributed by atoms with E-state index in [1.54, 1.807) is 13.1 Å². The third-order valence-corrected chi connectivity index (χ3v) is 2.26. The van der Waals surface area contributed by atoms with Gasteiger partial charge in [0, 0.05) is 11.6 Å². The van der Waals surface area contributed by atoms with E-state index in [2.05, 4.69) is 10.3 Å². The number of thiazole rings is 1. The van der Waals surface area contributed by atoms with Gasteiger partial charge >= 0.3 is 0 Å². The van der Waals surface area contributed by atoms with Gasteiger partial charge in [0.25, 0.3) is 0 Å². The first-order valence-electron chi connectivity index (χ1n) is 3.79. The van der Waals surface area contributed by atoms with E-state index in [0.29, 0.717) is 6.54 Å². The van der Waals surface area contributed by atoms with Gasteiger partial charge in [-0.3, -0.25) is 4.79 Å². The minimum absolute atomic E-state index is 0.252. The average Bonchev–Trinajstić information content (AvgIpc) is 2.65. The second-order valence-corrected chi connectivity index (χ2v) is 3.47. The lowest BCUT2D eigenvalue weighted by Crippen LogP contribution is -2.27. The Balaban J connectivity index is 2.36. The number of carbonyl (C=O) groups is 1. The largest absolute Gasteiger partial charge is 0.348 e. The molecule has 1 aromatic rings. The zero-order valence-corrected chi connectivity index (χ0v) is 7.97. The lowest BCUT2D eigenvalue weighted by atomic mass is 10.2. The summed E-state index contributed by atoms with van der Waals surface area (Å²) in [5, 5.41) is 13.7. The number of nitrogens with zero attached hydrogens (tertiary/aromatic N) is 2. The van der Waals surface area contributed by atoms with Gasteiger partial charge in [0.1, 0.15) is 10.9 Å². The number of hydrogen-bond donors (Lipinski definition) is 1. The molecule has 4 nitrogen and oxygen atoms in total. The molecule has 0 spiro atoms. The molecule has 5 heteroatoms. The van der Waals surface area contributed by atoms with Crippen LogP contribution in [0.2, 0.25) is 0 Å². The molecule has 0 aliphatic rings.